The van der Waals surface area contributed by atoms with Gasteiger partial charge < -0.3 is 14.4 Å². The molecule has 0 aliphatic carbocycles. The Hall–Kier alpha value is -1.71. The average Bonchev–Trinajstić information content (AvgIpc) is 2.34. The molecule has 0 bridgehead atoms. The number of aryl methyl sites for hydroxylation is 1. The maximum absolute atomic E-state index is 11.6. The molecule has 0 fully saturated rings. The highest BCUT2D eigenvalue weighted by Gasteiger charge is 2.16. The van der Waals surface area contributed by atoms with Crippen LogP contribution in [0.25, 0.3) is 0 Å². The van der Waals surface area contributed by atoms with Gasteiger partial charge in [-0.05, 0) is 50.5 Å². The fourth-order valence-corrected chi connectivity index (χ4v) is 2.31. The Morgan fingerprint density at radius 2 is 1.89 bits per heavy atom. The van der Waals surface area contributed by atoms with Crippen molar-refractivity contribution in [3.05, 3.63) is 22.8 Å². The Morgan fingerprint density at radius 1 is 1.26 bits per heavy atom. The number of methoxy groups -OCH3 is 1. The van der Waals surface area contributed by atoms with E-state index in [2.05, 4.69) is 0 Å². The molecule has 4 heteroatoms. The number of nitrogens with zero attached hydrogens (tertiary/aromatic N) is 1. The molecule has 0 radical (unpaired) electrons. The minimum Gasteiger partial charge on any atom is -0.496 e. The molecule has 0 N–H and O–H groups in total. The van der Waals surface area contributed by atoms with Crippen molar-refractivity contribution in [1.82, 2.24) is 0 Å². The molecular weight excluding hydrogens is 242 g/mol. The molecule has 4 nitrogen and oxygen atoms in total. The lowest BCUT2D eigenvalue weighted by Gasteiger charge is -2.25. The molecule has 0 spiro atoms. The van der Waals surface area contributed by atoms with Gasteiger partial charge in [-0.3, -0.25) is 4.79 Å². The molecule has 1 rings (SSSR count). The smallest absolute Gasteiger partial charge is 0.325 e. The highest BCUT2D eigenvalue weighted by atomic mass is 16.5. The van der Waals surface area contributed by atoms with Crippen LogP contribution in [0.1, 0.15) is 23.6 Å². The summed E-state index contributed by atoms with van der Waals surface area (Å²) in [6.07, 6.45) is 0. The Morgan fingerprint density at radius 3 is 2.42 bits per heavy atom. The van der Waals surface area contributed by atoms with Crippen molar-refractivity contribution >= 4 is 11.7 Å². The minimum absolute atomic E-state index is 0.211. The third kappa shape index (κ3) is 3.40. The van der Waals surface area contributed by atoms with Crippen molar-refractivity contribution in [2.45, 2.75) is 27.7 Å². The van der Waals surface area contributed by atoms with Crippen molar-refractivity contribution in [3.8, 4) is 5.75 Å². The molecule has 0 atom stereocenters. The normalized spacial score (nSPS) is 10.2. The van der Waals surface area contributed by atoms with Gasteiger partial charge >= 0.3 is 5.97 Å². The Kier molecular flexibility index (Phi) is 5.21. The van der Waals surface area contributed by atoms with Gasteiger partial charge in [0.2, 0.25) is 0 Å². The van der Waals surface area contributed by atoms with Crippen LogP contribution in [-0.4, -0.2) is 33.3 Å². The molecule has 0 saturated heterocycles. The number of benzene rings is 1. The Bertz CT molecular complexity index is 469. The van der Waals surface area contributed by atoms with E-state index in [4.69, 9.17) is 9.47 Å². The van der Waals surface area contributed by atoms with Gasteiger partial charge in [-0.15, -0.1) is 0 Å². The first kappa shape index (κ1) is 15.3. The third-order valence-electron chi connectivity index (χ3n) is 3.28. The van der Waals surface area contributed by atoms with Crippen LogP contribution in [0.2, 0.25) is 0 Å². The fourth-order valence-electron chi connectivity index (χ4n) is 2.31. The minimum atomic E-state index is -0.211. The van der Waals surface area contributed by atoms with Gasteiger partial charge in [0, 0.05) is 12.7 Å². The summed E-state index contributed by atoms with van der Waals surface area (Å²) in [4.78, 5) is 13.5. The lowest BCUT2D eigenvalue weighted by molar-refractivity contribution is -0.141. The number of esters is 1. The van der Waals surface area contributed by atoms with Crippen molar-refractivity contribution in [2.24, 2.45) is 0 Å². The SMILES string of the molecule is CCOC(=O)CN(C)c1c(C)cc(OC)c(C)c1C. The zero-order valence-corrected chi connectivity index (χ0v) is 12.7. The van der Waals surface area contributed by atoms with Crippen LogP contribution in [0.4, 0.5) is 5.69 Å². The number of ether oxygens (including phenoxy) is 2. The van der Waals surface area contributed by atoms with Gasteiger partial charge in [0.15, 0.2) is 0 Å². The summed E-state index contributed by atoms with van der Waals surface area (Å²) in [5, 5.41) is 0. The maximum Gasteiger partial charge on any atom is 0.325 e. The molecule has 1 aromatic carbocycles. The Balaban J connectivity index is 3.06. The molecule has 106 valence electrons. The van der Waals surface area contributed by atoms with Crippen LogP contribution in [0.5, 0.6) is 5.75 Å². The van der Waals surface area contributed by atoms with E-state index in [9.17, 15) is 4.79 Å². The first-order valence-electron chi connectivity index (χ1n) is 6.43. The molecule has 1 aromatic rings. The summed E-state index contributed by atoms with van der Waals surface area (Å²) in [6, 6.07) is 2.00. The number of rotatable bonds is 5. The largest absolute Gasteiger partial charge is 0.496 e. The van der Waals surface area contributed by atoms with Crippen LogP contribution in [0.3, 0.4) is 0 Å². The summed E-state index contributed by atoms with van der Waals surface area (Å²) in [5.74, 6) is 0.667. The van der Waals surface area contributed by atoms with E-state index in [1.807, 2.05) is 45.7 Å². The highest BCUT2D eigenvalue weighted by Crippen LogP contribution is 2.33. The number of carbonyl (C=O) groups is 1. The summed E-state index contributed by atoms with van der Waals surface area (Å²) < 4.78 is 10.3. The van der Waals surface area contributed by atoms with Gasteiger partial charge in [0.25, 0.3) is 0 Å². The molecule has 0 amide bonds. The van der Waals surface area contributed by atoms with Crippen molar-refractivity contribution < 1.29 is 14.3 Å². The molecule has 0 unspecified atom stereocenters. The molecule has 0 saturated carbocycles. The first-order valence-corrected chi connectivity index (χ1v) is 6.43. The molecule has 19 heavy (non-hydrogen) atoms. The topological polar surface area (TPSA) is 38.8 Å². The van der Waals surface area contributed by atoms with Crippen LogP contribution in [-0.2, 0) is 9.53 Å². The highest BCUT2D eigenvalue weighted by molar-refractivity contribution is 5.77. The lowest BCUT2D eigenvalue weighted by Crippen LogP contribution is -2.28. The lowest BCUT2D eigenvalue weighted by atomic mass is 10.0. The number of hydrogen-bond acceptors (Lipinski definition) is 4. The number of anilines is 1. The monoisotopic (exact) mass is 265 g/mol. The van der Waals surface area contributed by atoms with Gasteiger partial charge in [-0.1, -0.05) is 0 Å². The second kappa shape index (κ2) is 6.45. The van der Waals surface area contributed by atoms with Crippen LogP contribution in [0.15, 0.2) is 6.07 Å². The second-order valence-corrected chi connectivity index (χ2v) is 4.66. The van der Waals surface area contributed by atoms with Crippen LogP contribution < -0.4 is 9.64 Å². The van der Waals surface area contributed by atoms with Gasteiger partial charge in [-0.25, -0.2) is 0 Å². The molecule has 0 aromatic heterocycles. The first-order chi connectivity index (χ1) is 8.92. The molecule has 0 aliphatic rings. The molecule has 0 heterocycles. The standard InChI is InChI=1S/C15H23NO3/c1-7-19-14(17)9-16(5)15-10(2)8-13(18-6)11(3)12(15)4/h8H,7,9H2,1-6H3. The van der Waals surface area contributed by atoms with E-state index in [0.29, 0.717) is 6.61 Å². The summed E-state index contributed by atoms with van der Waals surface area (Å²) in [5.41, 5.74) is 4.38. The number of likely N-dealkylation sites (N-methyl/N-ethyl adjacent to an activating group) is 1. The van der Waals surface area contributed by atoms with Gasteiger partial charge in [0.05, 0.1) is 13.7 Å². The summed E-state index contributed by atoms with van der Waals surface area (Å²) in [6.45, 7) is 8.56. The van der Waals surface area contributed by atoms with E-state index in [1.165, 1.54) is 0 Å². The zero-order valence-electron chi connectivity index (χ0n) is 12.7. The quantitative estimate of drug-likeness (QED) is 0.767. The predicted molar refractivity (Wildman–Crippen MR) is 77.1 cm³/mol. The molecular formula is C15H23NO3. The van der Waals surface area contributed by atoms with E-state index < -0.39 is 0 Å². The number of carbonyl (C=O) groups excluding carboxylic acids is 1. The van der Waals surface area contributed by atoms with E-state index in [-0.39, 0.29) is 12.5 Å². The van der Waals surface area contributed by atoms with Crippen molar-refractivity contribution in [3.63, 3.8) is 0 Å². The summed E-state index contributed by atoms with van der Waals surface area (Å²) >= 11 is 0. The van der Waals surface area contributed by atoms with E-state index in [0.717, 1.165) is 28.1 Å². The average molecular weight is 265 g/mol. The van der Waals surface area contributed by atoms with Crippen molar-refractivity contribution in [1.29, 1.82) is 0 Å². The fraction of sp³-hybridized carbons (Fsp3) is 0.533. The van der Waals surface area contributed by atoms with E-state index in [1.54, 1.807) is 7.11 Å². The summed E-state index contributed by atoms with van der Waals surface area (Å²) in [7, 11) is 3.57. The van der Waals surface area contributed by atoms with Gasteiger partial charge in [-0.2, -0.15) is 0 Å². The predicted octanol–water partition coefficient (Wildman–Crippen LogP) is 2.62. The van der Waals surface area contributed by atoms with Crippen molar-refractivity contribution in [2.75, 3.05) is 32.2 Å². The third-order valence-corrected chi connectivity index (χ3v) is 3.28. The maximum atomic E-state index is 11.6. The van der Waals surface area contributed by atoms with Gasteiger partial charge in [0.1, 0.15) is 12.3 Å². The zero-order chi connectivity index (χ0) is 14.6. The Labute approximate surface area is 115 Å². The molecule has 0 aliphatic heterocycles. The van der Waals surface area contributed by atoms with Crippen LogP contribution in [0, 0.1) is 20.8 Å². The number of hydrogen-bond donors (Lipinski definition) is 0. The van der Waals surface area contributed by atoms with Crippen LogP contribution >= 0.6 is 0 Å². The van der Waals surface area contributed by atoms with E-state index >= 15 is 0 Å². The second-order valence-electron chi connectivity index (χ2n) is 4.66.